The molecular weight excluding hydrogens is 206 g/mol. The van der Waals surface area contributed by atoms with Gasteiger partial charge in [-0.25, -0.2) is 0 Å². The van der Waals surface area contributed by atoms with Crippen molar-refractivity contribution in [2.45, 2.75) is 61.8 Å². The van der Waals surface area contributed by atoms with Crippen LogP contribution in [0.4, 0.5) is 0 Å². The van der Waals surface area contributed by atoms with Crippen LogP contribution in [0.1, 0.15) is 61.8 Å². The molecule has 0 aromatic heterocycles. The van der Waals surface area contributed by atoms with E-state index in [4.69, 9.17) is 5.73 Å². The highest BCUT2D eigenvalue weighted by Crippen LogP contribution is 1.98. The van der Waals surface area contributed by atoms with E-state index in [1.165, 1.54) is 6.42 Å². The predicted molar refractivity (Wildman–Crippen MR) is 85.1 cm³/mol. The van der Waals surface area contributed by atoms with Gasteiger partial charge in [0, 0.05) is 5.70 Å². The summed E-state index contributed by atoms with van der Waals surface area (Å²) < 4.78 is 0. The van der Waals surface area contributed by atoms with Crippen molar-refractivity contribution < 1.29 is 0 Å². The summed E-state index contributed by atoms with van der Waals surface area (Å²) in [6, 6.07) is 0. The summed E-state index contributed by atoms with van der Waals surface area (Å²) in [4.78, 5) is 0. The van der Waals surface area contributed by atoms with Crippen LogP contribution in [0.15, 0.2) is 36.6 Å². The molecule has 0 bridgehead atoms. The van der Waals surface area contributed by atoms with Crippen molar-refractivity contribution in [1.82, 2.24) is 0 Å². The Balaban J connectivity index is -0.0000000772. The van der Waals surface area contributed by atoms with E-state index in [1.54, 1.807) is 0 Å². The molecule has 17 heavy (non-hydrogen) atoms. The minimum Gasteiger partial charge on any atom is -0.399 e. The first-order valence-corrected chi connectivity index (χ1v) is 6.79. The summed E-state index contributed by atoms with van der Waals surface area (Å²) >= 11 is 0. The van der Waals surface area contributed by atoms with Crippen molar-refractivity contribution in [2.75, 3.05) is 0 Å². The van der Waals surface area contributed by atoms with Gasteiger partial charge in [-0.1, -0.05) is 66.2 Å². The Morgan fingerprint density at radius 3 is 1.65 bits per heavy atom. The second-order valence-electron chi connectivity index (χ2n) is 2.91. The van der Waals surface area contributed by atoms with Crippen LogP contribution in [-0.4, -0.2) is 0 Å². The van der Waals surface area contributed by atoms with Gasteiger partial charge in [-0.2, -0.15) is 0 Å². The van der Waals surface area contributed by atoms with E-state index >= 15 is 0 Å². The van der Waals surface area contributed by atoms with Crippen molar-refractivity contribution in [3.05, 3.63) is 36.6 Å². The van der Waals surface area contributed by atoms with Gasteiger partial charge in [0.25, 0.3) is 0 Å². The Morgan fingerprint density at radius 1 is 1.18 bits per heavy atom. The number of allylic oxidation sites excluding steroid dienone is 4. The van der Waals surface area contributed by atoms with Crippen molar-refractivity contribution in [1.29, 1.82) is 0 Å². The number of rotatable bonds is 3. The standard InChI is InChI=1S/C6H11N.C6H12.2C2H6/c1-3-5-6(7)4-2;1-4-6(3)5-2;2*1-2/h3-5H,7H2,1-2H3;4,6H,1,5H2,2-3H3;2*1-2H3/b5-3-,6-4+;;;. The van der Waals surface area contributed by atoms with Crippen LogP contribution in [0, 0.1) is 5.92 Å². The van der Waals surface area contributed by atoms with Gasteiger partial charge >= 0.3 is 0 Å². The van der Waals surface area contributed by atoms with Gasteiger partial charge in [0.2, 0.25) is 0 Å². The fourth-order valence-electron chi connectivity index (χ4n) is 0.455. The molecule has 0 heterocycles. The smallest absolute Gasteiger partial charge is 0.0267 e. The van der Waals surface area contributed by atoms with E-state index < -0.39 is 0 Å². The molecule has 0 aliphatic carbocycles. The first-order chi connectivity index (χ1) is 8.12. The molecule has 0 saturated heterocycles. The van der Waals surface area contributed by atoms with Crippen LogP contribution in [0.2, 0.25) is 0 Å². The van der Waals surface area contributed by atoms with Gasteiger partial charge < -0.3 is 5.73 Å². The quantitative estimate of drug-likeness (QED) is 0.498. The van der Waals surface area contributed by atoms with Crippen molar-refractivity contribution in [3.8, 4) is 0 Å². The van der Waals surface area contributed by atoms with Gasteiger partial charge in [-0.3, -0.25) is 0 Å². The minimum absolute atomic E-state index is 0.699. The second kappa shape index (κ2) is 29.4. The normalized spacial score (nSPS) is 10.9. The third-order valence-electron chi connectivity index (χ3n) is 1.74. The lowest BCUT2D eigenvalue weighted by molar-refractivity contribution is 0.700. The molecule has 1 nitrogen and oxygen atoms in total. The van der Waals surface area contributed by atoms with Gasteiger partial charge in [-0.15, -0.1) is 6.58 Å². The van der Waals surface area contributed by atoms with E-state index in [0.29, 0.717) is 5.92 Å². The first kappa shape index (κ1) is 25.0. The van der Waals surface area contributed by atoms with Gasteiger partial charge in [-0.05, 0) is 25.8 Å². The maximum absolute atomic E-state index is 5.36. The average molecular weight is 241 g/mol. The largest absolute Gasteiger partial charge is 0.399 e. The topological polar surface area (TPSA) is 26.0 Å². The lowest BCUT2D eigenvalue weighted by atomic mass is 10.1. The molecule has 2 N–H and O–H groups in total. The van der Waals surface area contributed by atoms with E-state index in [1.807, 2.05) is 65.8 Å². The molecule has 0 radical (unpaired) electrons. The number of nitrogens with two attached hydrogens (primary N) is 1. The van der Waals surface area contributed by atoms with Crippen molar-refractivity contribution in [2.24, 2.45) is 11.7 Å². The van der Waals surface area contributed by atoms with Gasteiger partial charge in [0.1, 0.15) is 0 Å². The molecule has 1 heteroatoms. The molecule has 104 valence electrons. The molecule has 0 aliphatic rings. The minimum atomic E-state index is 0.699. The zero-order valence-electron chi connectivity index (χ0n) is 13.4. The van der Waals surface area contributed by atoms with E-state index in [9.17, 15) is 0 Å². The number of hydrogen-bond donors (Lipinski definition) is 1. The highest BCUT2D eigenvalue weighted by Gasteiger charge is 1.84. The van der Waals surface area contributed by atoms with Crippen LogP contribution < -0.4 is 5.73 Å². The van der Waals surface area contributed by atoms with Crippen LogP contribution in [0.5, 0.6) is 0 Å². The van der Waals surface area contributed by atoms with Gasteiger partial charge in [0.05, 0.1) is 0 Å². The van der Waals surface area contributed by atoms with Crippen LogP contribution in [0.3, 0.4) is 0 Å². The number of hydrogen-bond acceptors (Lipinski definition) is 1. The molecule has 0 aromatic rings. The lowest BCUT2D eigenvalue weighted by Gasteiger charge is -1.93. The van der Waals surface area contributed by atoms with E-state index in [-0.39, 0.29) is 0 Å². The summed E-state index contributed by atoms with van der Waals surface area (Å²) in [5.41, 5.74) is 6.18. The van der Waals surface area contributed by atoms with Crippen LogP contribution in [0.25, 0.3) is 0 Å². The molecule has 0 saturated carbocycles. The molecule has 0 fully saturated rings. The first-order valence-electron chi connectivity index (χ1n) is 6.79. The second-order valence-corrected chi connectivity index (χ2v) is 2.91. The lowest BCUT2D eigenvalue weighted by Crippen LogP contribution is -1.89. The van der Waals surface area contributed by atoms with Crippen molar-refractivity contribution in [3.63, 3.8) is 0 Å². The molecule has 0 rings (SSSR count). The highest BCUT2D eigenvalue weighted by molar-refractivity contribution is 5.12. The molecular formula is C16H35N. The Kier molecular flexibility index (Phi) is 43.3. The summed E-state index contributed by atoms with van der Waals surface area (Å²) in [6.07, 6.45) is 8.82. The molecule has 0 aliphatic heterocycles. The summed E-state index contributed by atoms with van der Waals surface area (Å²) in [5, 5.41) is 0. The molecule has 0 amide bonds. The third-order valence-corrected chi connectivity index (χ3v) is 1.74. The van der Waals surface area contributed by atoms with Gasteiger partial charge in [0.15, 0.2) is 0 Å². The molecule has 1 unspecified atom stereocenters. The third kappa shape index (κ3) is 39.6. The highest BCUT2D eigenvalue weighted by atomic mass is 14.5. The Labute approximate surface area is 111 Å². The summed E-state index contributed by atoms with van der Waals surface area (Å²) in [5.74, 6) is 0.699. The molecule has 1 atom stereocenters. The Hall–Kier alpha value is -0.980. The average Bonchev–Trinajstić information content (AvgIpc) is 2.43. The summed E-state index contributed by atoms with van der Waals surface area (Å²) in [6.45, 7) is 19.8. The maximum Gasteiger partial charge on any atom is 0.0267 e. The zero-order chi connectivity index (χ0) is 14.7. The predicted octanol–water partition coefficient (Wildman–Crippen LogP) is 5.70. The Bertz CT molecular complexity index is 166. The van der Waals surface area contributed by atoms with Crippen LogP contribution in [-0.2, 0) is 0 Å². The Morgan fingerprint density at radius 2 is 1.59 bits per heavy atom. The monoisotopic (exact) mass is 241 g/mol. The van der Waals surface area contributed by atoms with E-state index in [2.05, 4.69) is 20.4 Å². The van der Waals surface area contributed by atoms with Crippen LogP contribution >= 0.6 is 0 Å². The summed E-state index contributed by atoms with van der Waals surface area (Å²) in [7, 11) is 0. The van der Waals surface area contributed by atoms with Crippen molar-refractivity contribution >= 4 is 0 Å². The molecule has 0 spiro atoms. The molecule has 0 aromatic carbocycles. The fourth-order valence-corrected chi connectivity index (χ4v) is 0.455. The SMILES string of the molecule is C/C=C\C(N)=C/C.C=CC(C)CC.CC.CC. The van der Waals surface area contributed by atoms with E-state index in [0.717, 1.165) is 5.70 Å². The zero-order valence-corrected chi connectivity index (χ0v) is 13.4. The maximum atomic E-state index is 5.36. The fraction of sp³-hybridized carbons (Fsp3) is 0.625.